The van der Waals surface area contributed by atoms with E-state index < -0.39 is 11.4 Å². The van der Waals surface area contributed by atoms with E-state index in [1.165, 1.54) is 12.1 Å². The van der Waals surface area contributed by atoms with Crippen molar-refractivity contribution in [1.29, 1.82) is 0 Å². The van der Waals surface area contributed by atoms with Crippen LogP contribution in [0.3, 0.4) is 0 Å². The first-order valence-corrected chi connectivity index (χ1v) is 6.87. The number of hydrogen-bond donors (Lipinski definition) is 2. The highest BCUT2D eigenvalue weighted by Gasteiger charge is 2.27. The van der Waals surface area contributed by atoms with Gasteiger partial charge in [-0.15, -0.1) is 0 Å². The van der Waals surface area contributed by atoms with Crippen LogP contribution in [0.1, 0.15) is 42.1 Å². The molecule has 1 unspecified atom stereocenters. The van der Waals surface area contributed by atoms with Crippen LogP contribution in [0.15, 0.2) is 12.1 Å². The lowest BCUT2D eigenvalue weighted by atomic mass is 9.98. The number of carbonyl (C=O) groups is 1. The van der Waals surface area contributed by atoms with Crippen molar-refractivity contribution in [3.63, 3.8) is 0 Å². The zero-order chi connectivity index (χ0) is 14.9. The Kier molecular flexibility index (Phi) is 3.99. The van der Waals surface area contributed by atoms with Gasteiger partial charge in [0.05, 0.1) is 5.60 Å². The van der Waals surface area contributed by atoms with Crippen LogP contribution >= 0.6 is 0 Å². The number of aliphatic hydroxyl groups is 1. The second kappa shape index (κ2) is 5.40. The molecule has 1 amide bonds. The Morgan fingerprint density at radius 2 is 2.10 bits per heavy atom. The van der Waals surface area contributed by atoms with Crippen molar-refractivity contribution in [2.45, 2.75) is 38.7 Å². The predicted octanol–water partition coefficient (Wildman–Crippen LogP) is 2.09. The van der Waals surface area contributed by atoms with E-state index in [1.807, 2.05) is 0 Å². The molecule has 2 rings (SSSR count). The molecule has 110 valence electrons. The minimum absolute atomic E-state index is 0.228. The Bertz CT molecular complexity index is 506. The first-order chi connectivity index (χ1) is 9.30. The Labute approximate surface area is 118 Å². The molecule has 0 saturated carbocycles. The SMILES string of the molecule is Cc1c(N)cc(C(=O)N2CCCC(C)(O)CC2)cc1F. The van der Waals surface area contributed by atoms with Crippen molar-refractivity contribution in [3.05, 3.63) is 29.1 Å². The highest BCUT2D eigenvalue weighted by Crippen LogP contribution is 2.24. The highest BCUT2D eigenvalue weighted by molar-refractivity contribution is 5.95. The molecule has 1 saturated heterocycles. The van der Waals surface area contributed by atoms with Gasteiger partial charge in [0, 0.05) is 29.9 Å². The minimum atomic E-state index is -0.730. The number of carbonyl (C=O) groups excluding carboxylic acids is 1. The zero-order valence-electron chi connectivity index (χ0n) is 11.9. The van der Waals surface area contributed by atoms with Gasteiger partial charge in [0.2, 0.25) is 0 Å². The van der Waals surface area contributed by atoms with Crippen molar-refractivity contribution in [1.82, 2.24) is 4.90 Å². The normalized spacial score (nSPS) is 23.5. The maximum absolute atomic E-state index is 13.7. The van der Waals surface area contributed by atoms with Crippen molar-refractivity contribution < 1.29 is 14.3 Å². The summed E-state index contributed by atoms with van der Waals surface area (Å²) in [6.45, 7) is 4.41. The molecule has 0 aliphatic carbocycles. The standard InChI is InChI=1S/C15H21FN2O2/c1-10-12(16)8-11(9-13(10)17)14(19)18-6-3-4-15(2,20)5-7-18/h8-9,20H,3-7,17H2,1-2H3. The number of halogens is 1. The maximum Gasteiger partial charge on any atom is 0.254 e. The second-order valence-corrected chi connectivity index (χ2v) is 5.81. The molecular weight excluding hydrogens is 259 g/mol. The van der Waals surface area contributed by atoms with Crippen LogP contribution in [0, 0.1) is 12.7 Å². The fourth-order valence-electron chi connectivity index (χ4n) is 2.47. The first kappa shape index (κ1) is 14.8. The van der Waals surface area contributed by atoms with Gasteiger partial charge >= 0.3 is 0 Å². The van der Waals surface area contributed by atoms with E-state index in [9.17, 15) is 14.3 Å². The summed E-state index contributed by atoms with van der Waals surface area (Å²) < 4.78 is 13.7. The van der Waals surface area contributed by atoms with Gasteiger partial charge in [-0.1, -0.05) is 0 Å². The van der Waals surface area contributed by atoms with Gasteiger partial charge in [-0.05, 0) is 45.2 Å². The quantitative estimate of drug-likeness (QED) is 0.774. The van der Waals surface area contributed by atoms with Crippen molar-refractivity contribution in [2.75, 3.05) is 18.8 Å². The maximum atomic E-state index is 13.7. The van der Waals surface area contributed by atoms with E-state index in [1.54, 1.807) is 18.7 Å². The summed E-state index contributed by atoms with van der Waals surface area (Å²) in [6.07, 6.45) is 1.94. The lowest BCUT2D eigenvalue weighted by Crippen LogP contribution is -2.33. The average Bonchev–Trinajstić information content (AvgIpc) is 2.55. The second-order valence-electron chi connectivity index (χ2n) is 5.81. The summed E-state index contributed by atoms with van der Waals surface area (Å²) in [5, 5.41) is 10.0. The van der Waals surface area contributed by atoms with Crippen LogP contribution in [-0.4, -0.2) is 34.6 Å². The molecule has 20 heavy (non-hydrogen) atoms. The van der Waals surface area contributed by atoms with E-state index in [2.05, 4.69) is 0 Å². The molecule has 0 aromatic heterocycles. The summed E-state index contributed by atoms with van der Waals surface area (Å²) >= 11 is 0. The largest absolute Gasteiger partial charge is 0.398 e. The average molecular weight is 280 g/mol. The molecule has 1 heterocycles. The molecule has 1 fully saturated rings. The lowest BCUT2D eigenvalue weighted by Gasteiger charge is -2.23. The van der Waals surface area contributed by atoms with Gasteiger partial charge in [-0.3, -0.25) is 4.79 Å². The van der Waals surface area contributed by atoms with Crippen LogP contribution in [0.4, 0.5) is 10.1 Å². The van der Waals surface area contributed by atoms with E-state index in [0.717, 1.165) is 6.42 Å². The smallest absolute Gasteiger partial charge is 0.254 e. The number of nitrogen functional groups attached to an aromatic ring is 1. The number of amides is 1. The molecule has 0 radical (unpaired) electrons. The third kappa shape index (κ3) is 3.10. The van der Waals surface area contributed by atoms with Crippen molar-refractivity contribution >= 4 is 11.6 Å². The molecule has 1 aromatic carbocycles. The van der Waals surface area contributed by atoms with E-state index >= 15 is 0 Å². The molecule has 0 bridgehead atoms. The van der Waals surface area contributed by atoms with Crippen LogP contribution in [0.25, 0.3) is 0 Å². The van der Waals surface area contributed by atoms with Crippen LogP contribution in [0.2, 0.25) is 0 Å². The van der Waals surface area contributed by atoms with Crippen molar-refractivity contribution in [2.24, 2.45) is 0 Å². The first-order valence-electron chi connectivity index (χ1n) is 6.87. The summed E-state index contributed by atoms with van der Waals surface area (Å²) in [4.78, 5) is 14.1. The molecule has 3 N–H and O–H groups in total. The highest BCUT2D eigenvalue weighted by atomic mass is 19.1. The van der Waals surface area contributed by atoms with Gasteiger partial charge in [0.1, 0.15) is 5.82 Å². The van der Waals surface area contributed by atoms with Crippen LogP contribution < -0.4 is 5.73 Å². The third-order valence-corrected chi connectivity index (χ3v) is 3.98. The van der Waals surface area contributed by atoms with Crippen molar-refractivity contribution in [3.8, 4) is 0 Å². The molecule has 4 nitrogen and oxygen atoms in total. The van der Waals surface area contributed by atoms with Gasteiger partial charge < -0.3 is 15.7 Å². The lowest BCUT2D eigenvalue weighted by molar-refractivity contribution is 0.0438. The van der Waals surface area contributed by atoms with Crippen LogP contribution in [0.5, 0.6) is 0 Å². The number of nitrogens with two attached hydrogens (primary N) is 1. The minimum Gasteiger partial charge on any atom is -0.398 e. The fourth-order valence-corrected chi connectivity index (χ4v) is 2.47. The van der Waals surface area contributed by atoms with Gasteiger partial charge in [-0.2, -0.15) is 0 Å². The topological polar surface area (TPSA) is 66.6 Å². The molecule has 1 aliphatic heterocycles. The van der Waals surface area contributed by atoms with Gasteiger partial charge in [0.25, 0.3) is 5.91 Å². The molecule has 1 atom stereocenters. The summed E-state index contributed by atoms with van der Waals surface area (Å²) in [5.74, 6) is -0.691. The number of hydrogen-bond acceptors (Lipinski definition) is 3. The summed E-state index contributed by atoms with van der Waals surface area (Å²) in [6, 6.07) is 2.75. The Hall–Kier alpha value is -1.62. The molecule has 5 heteroatoms. The fraction of sp³-hybridized carbons (Fsp3) is 0.533. The Morgan fingerprint density at radius 1 is 1.40 bits per heavy atom. The van der Waals surface area contributed by atoms with Crippen LogP contribution in [-0.2, 0) is 0 Å². The van der Waals surface area contributed by atoms with E-state index in [0.29, 0.717) is 31.5 Å². The molecular formula is C15H21FN2O2. The summed E-state index contributed by atoms with van der Waals surface area (Å²) in [7, 11) is 0. The number of anilines is 1. The van der Waals surface area contributed by atoms with E-state index in [4.69, 9.17) is 5.73 Å². The molecule has 1 aliphatic rings. The molecule has 1 aromatic rings. The predicted molar refractivity (Wildman–Crippen MR) is 75.9 cm³/mol. The Balaban J connectivity index is 2.19. The third-order valence-electron chi connectivity index (χ3n) is 3.98. The van der Waals surface area contributed by atoms with Gasteiger partial charge in [-0.25, -0.2) is 4.39 Å². The number of likely N-dealkylation sites (tertiary alicyclic amines) is 1. The Morgan fingerprint density at radius 3 is 2.75 bits per heavy atom. The number of benzene rings is 1. The monoisotopic (exact) mass is 280 g/mol. The van der Waals surface area contributed by atoms with E-state index in [-0.39, 0.29) is 17.2 Å². The number of nitrogens with zero attached hydrogens (tertiary/aromatic N) is 1. The zero-order valence-corrected chi connectivity index (χ0v) is 11.9. The number of rotatable bonds is 1. The van der Waals surface area contributed by atoms with Gasteiger partial charge in [0.15, 0.2) is 0 Å². The summed E-state index contributed by atoms with van der Waals surface area (Å²) in [5.41, 5.74) is 5.90. The molecule has 0 spiro atoms.